The number of halogens is 1. The highest BCUT2D eigenvalue weighted by atomic mass is 35.5. The Morgan fingerprint density at radius 1 is 0.857 bits per heavy atom. The summed E-state index contributed by atoms with van der Waals surface area (Å²) in [6.07, 6.45) is 11.1. The predicted octanol–water partition coefficient (Wildman–Crippen LogP) is 6.33. The quantitative estimate of drug-likeness (QED) is 0.328. The van der Waals surface area contributed by atoms with Crippen LogP contribution < -0.4 is 0 Å². The number of unbranched alkanes of at least 4 members (excludes halogenated alkanes) is 4. The number of rotatable bonds is 12. The maximum Gasteiger partial charge on any atom is 0.132 e. The first kappa shape index (κ1) is 24.7. The van der Waals surface area contributed by atoms with E-state index in [0.29, 0.717) is 20.9 Å². The van der Waals surface area contributed by atoms with Gasteiger partial charge in [-0.25, -0.2) is 0 Å². The van der Waals surface area contributed by atoms with Crippen molar-refractivity contribution in [3.63, 3.8) is 0 Å². The van der Waals surface area contributed by atoms with Gasteiger partial charge >= 0.3 is 0 Å². The monoisotopic (exact) mass is 411 g/mol. The molecule has 0 aliphatic heterocycles. The number of quaternary nitrogens is 1. The smallest absolute Gasteiger partial charge is 0.132 e. The third kappa shape index (κ3) is 8.36. The molecule has 0 radical (unpaired) electrons. The van der Waals surface area contributed by atoms with Gasteiger partial charge in [-0.15, -0.1) is 5.10 Å². The Balaban J connectivity index is 0.000000302. The van der Waals surface area contributed by atoms with Crippen LogP contribution in [0, 0.1) is 0 Å². The number of benzene rings is 1. The third-order valence-electron chi connectivity index (χ3n) is 5.33. The number of fused-ring (bicyclic) bond motifs is 1. The van der Waals surface area contributed by atoms with Gasteiger partial charge in [0.2, 0.25) is 0 Å². The molecule has 1 aromatic carbocycles. The Kier molecular flexibility index (Phi) is 12.2. The average Bonchev–Trinajstić information content (AvgIpc) is 3.07. The molecule has 6 heteroatoms. The number of aromatic nitrogens is 3. The van der Waals surface area contributed by atoms with Crippen LogP contribution in [0.3, 0.4) is 0 Å². The minimum absolute atomic E-state index is 0.512. The van der Waals surface area contributed by atoms with Crippen molar-refractivity contribution in [1.82, 2.24) is 15.2 Å². The van der Waals surface area contributed by atoms with Crippen LogP contribution in [0.2, 0.25) is 5.02 Å². The maximum absolute atomic E-state index is 9.02. The molecule has 2 aromatic rings. The number of nitrogens with zero attached hydrogens (tertiary/aromatic N) is 4. The van der Waals surface area contributed by atoms with E-state index >= 15 is 0 Å². The van der Waals surface area contributed by atoms with E-state index in [2.05, 4.69) is 38.0 Å². The molecule has 0 aliphatic rings. The van der Waals surface area contributed by atoms with E-state index in [-0.39, 0.29) is 0 Å². The molecular formula is C22H40ClN4O+. The van der Waals surface area contributed by atoms with Crippen molar-refractivity contribution in [2.75, 3.05) is 26.2 Å². The normalized spacial score (nSPS) is 11.5. The number of hydrogen-bond acceptors (Lipinski definition) is 3. The second-order valence-electron chi connectivity index (χ2n) is 7.76. The maximum atomic E-state index is 9.02. The van der Waals surface area contributed by atoms with Gasteiger partial charge in [0.05, 0.1) is 26.2 Å². The van der Waals surface area contributed by atoms with Crippen LogP contribution in [0.5, 0.6) is 0 Å². The molecule has 2 rings (SSSR count). The van der Waals surface area contributed by atoms with E-state index < -0.39 is 0 Å². The average molecular weight is 412 g/mol. The van der Waals surface area contributed by atoms with Crippen LogP contribution in [-0.4, -0.2) is 51.0 Å². The van der Waals surface area contributed by atoms with Crippen LogP contribution in [-0.2, 0) is 0 Å². The molecule has 0 unspecified atom stereocenters. The highest BCUT2D eigenvalue weighted by Crippen LogP contribution is 2.17. The molecule has 160 valence electrons. The SMILES string of the molecule is CCCC[N+](CCCC)(CCCC)CCCC.On1nnc2ccc(Cl)cc21. The minimum Gasteiger partial charge on any atom is -0.410 e. The van der Waals surface area contributed by atoms with Gasteiger partial charge in [-0.2, -0.15) is 0 Å². The van der Waals surface area contributed by atoms with Gasteiger partial charge < -0.3 is 9.69 Å². The van der Waals surface area contributed by atoms with Gasteiger partial charge in [-0.05, 0) is 49.1 Å². The lowest BCUT2D eigenvalue weighted by atomic mass is 10.1. The molecule has 1 aromatic heterocycles. The molecule has 0 atom stereocenters. The van der Waals surface area contributed by atoms with Crippen molar-refractivity contribution in [1.29, 1.82) is 0 Å². The highest BCUT2D eigenvalue weighted by molar-refractivity contribution is 6.31. The van der Waals surface area contributed by atoms with Crippen molar-refractivity contribution in [3.05, 3.63) is 23.2 Å². The van der Waals surface area contributed by atoms with Gasteiger partial charge in [0.15, 0.2) is 0 Å². The van der Waals surface area contributed by atoms with Gasteiger partial charge in [-0.1, -0.05) is 69.8 Å². The standard InChI is InChI=1S/C16H36N.C6H4ClN3O/c1-5-9-13-17(14-10-6-2,15-11-7-3)16-12-8-4;7-4-1-2-5-6(3-4)10(11)9-8-5/h5-16H2,1-4H3;1-3,11H/q+1;. The van der Waals surface area contributed by atoms with Crippen LogP contribution in [0.4, 0.5) is 0 Å². The van der Waals surface area contributed by atoms with Gasteiger partial charge in [-0.3, -0.25) is 0 Å². The van der Waals surface area contributed by atoms with E-state index in [1.54, 1.807) is 18.2 Å². The summed E-state index contributed by atoms with van der Waals surface area (Å²) in [6.45, 7) is 15.0. The molecule has 0 saturated carbocycles. The lowest BCUT2D eigenvalue weighted by Crippen LogP contribution is -2.50. The van der Waals surface area contributed by atoms with Crippen LogP contribution in [0.1, 0.15) is 79.1 Å². The fourth-order valence-electron chi connectivity index (χ4n) is 3.52. The van der Waals surface area contributed by atoms with Crippen molar-refractivity contribution in [3.8, 4) is 0 Å². The topological polar surface area (TPSA) is 50.9 Å². The van der Waals surface area contributed by atoms with Crippen molar-refractivity contribution in [2.45, 2.75) is 79.1 Å². The molecule has 0 bridgehead atoms. The van der Waals surface area contributed by atoms with Crippen molar-refractivity contribution >= 4 is 22.6 Å². The summed E-state index contributed by atoms with van der Waals surface area (Å²) in [5, 5.41) is 16.6. The zero-order valence-electron chi connectivity index (χ0n) is 18.3. The van der Waals surface area contributed by atoms with Crippen LogP contribution >= 0.6 is 11.6 Å². The molecule has 0 saturated heterocycles. The van der Waals surface area contributed by atoms with E-state index in [9.17, 15) is 0 Å². The molecule has 0 amide bonds. The number of hydrogen-bond donors (Lipinski definition) is 1. The first-order chi connectivity index (χ1) is 13.5. The zero-order valence-corrected chi connectivity index (χ0v) is 19.1. The summed E-state index contributed by atoms with van der Waals surface area (Å²) in [5.41, 5.74) is 1.13. The summed E-state index contributed by atoms with van der Waals surface area (Å²) in [6, 6.07) is 4.98. The second kappa shape index (κ2) is 13.8. The largest absolute Gasteiger partial charge is 0.410 e. The molecule has 1 heterocycles. The summed E-state index contributed by atoms with van der Waals surface area (Å²) in [5.74, 6) is 0. The molecule has 0 spiro atoms. The molecule has 0 fully saturated rings. The fraction of sp³-hybridized carbons (Fsp3) is 0.727. The Bertz CT molecular complexity index is 622. The third-order valence-corrected chi connectivity index (χ3v) is 5.57. The van der Waals surface area contributed by atoms with Gasteiger partial charge in [0.25, 0.3) is 0 Å². The molecule has 28 heavy (non-hydrogen) atoms. The van der Waals surface area contributed by atoms with Crippen molar-refractivity contribution in [2.24, 2.45) is 0 Å². The predicted molar refractivity (Wildman–Crippen MR) is 119 cm³/mol. The highest BCUT2D eigenvalue weighted by Gasteiger charge is 2.24. The Morgan fingerprint density at radius 3 is 1.75 bits per heavy atom. The molecule has 5 nitrogen and oxygen atoms in total. The Hall–Kier alpha value is -1.33. The molecule has 1 N–H and O–H groups in total. The fourth-order valence-corrected chi connectivity index (χ4v) is 3.69. The Labute approximate surface area is 176 Å². The Morgan fingerprint density at radius 2 is 1.32 bits per heavy atom. The van der Waals surface area contributed by atoms with E-state index in [1.165, 1.54) is 82.0 Å². The van der Waals surface area contributed by atoms with E-state index in [0.717, 1.165) is 0 Å². The lowest BCUT2D eigenvalue weighted by molar-refractivity contribution is -0.929. The molecule has 0 aliphatic carbocycles. The van der Waals surface area contributed by atoms with Crippen LogP contribution in [0.15, 0.2) is 18.2 Å². The van der Waals surface area contributed by atoms with Gasteiger partial charge in [0.1, 0.15) is 11.0 Å². The summed E-state index contributed by atoms with van der Waals surface area (Å²) in [7, 11) is 0. The summed E-state index contributed by atoms with van der Waals surface area (Å²) in [4.78, 5) is 0.696. The summed E-state index contributed by atoms with van der Waals surface area (Å²) >= 11 is 5.67. The van der Waals surface area contributed by atoms with Crippen LogP contribution in [0.25, 0.3) is 11.0 Å². The van der Waals surface area contributed by atoms with E-state index in [1.807, 2.05) is 0 Å². The molecular weight excluding hydrogens is 372 g/mol. The van der Waals surface area contributed by atoms with Gasteiger partial charge in [0, 0.05) is 5.02 Å². The first-order valence-corrected chi connectivity index (χ1v) is 11.4. The zero-order chi connectivity index (χ0) is 20.8. The first-order valence-electron chi connectivity index (χ1n) is 11.1. The summed E-state index contributed by atoms with van der Waals surface area (Å²) < 4.78 is 1.42. The minimum atomic E-state index is 0.512. The van der Waals surface area contributed by atoms with E-state index in [4.69, 9.17) is 16.8 Å². The second-order valence-corrected chi connectivity index (χ2v) is 8.20. The lowest BCUT2D eigenvalue weighted by Gasteiger charge is -2.39. The van der Waals surface area contributed by atoms with Crippen molar-refractivity contribution < 1.29 is 9.69 Å².